The molecule has 12 heteroatoms. The first kappa shape index (κ1) is 33.1. The SMILES string of the molecule is CC(C)Oc1ccccc1N1CCN(Cc2ccc(CN(C)S(=O)(=O)C(C)C)n2C)CC1.O=C(O)CCC(=O)O. The van der Waals surface area contributed by atoms with Crippen molar-refractivity contribution < 1.29 is 33.0 Å². The fourth-order valence-corrected chi connectivity index (χ4v) is 5.29. The van der Waals surface area contributed by atoms with Crippen LogP contribution in [0.15, 0.2) is 36.4 Å². The van der Waals surface area contributed by atoms with Crippen molar-refractivity contribution in [1.29, 1.82) is 0 Å². The van der Waals surface area contributed by atoms with Crippen LogP contribution in [0, 0.1) is 0 Å². The van der Waals surface area contributed by atoms with Crippen LogP contribution in [-0.2, 0) is 39.7 Å². The molecule has 0 radical (unpaired) electrons. The Labute approximate surface area is 238 Å². The highest BCUT2D eigenvalue weighted by molar-refractivity contribution is 7.89. The predicted octanol–water partition coefficient (Wildman–Crippen LogP) is 3.24. The molecule has 3 rings (SSSR count). The Hall–Kier alpha value is -3.09. The molecule has 1 fully saturated rings. The van der Waals surface area contributed by atoms with Crippen LogP contribution in [0.5, 0.6) is 5.75 Å². The van der Waals surface area contributed by atoms with E-state index in [1.54, 1.807) is 20.9 Å². The van der Waals surface area contributed by atoms with E-state index in [0.29, 0.717) is 6.54 Å². The van der Waals surface area contributed by atoms with Crippen molar-refractivity contribution >= 4 is 27.6 Å². The van der Waals surface area contributed by atoms with Gasteiger partial charge in [-0.25, -0.2) is 8.42 Å². The average molecular weight is 581 g/mol. The molecule has 1 saturated heterocycles. The first-order chi connectivity index (χ1) is 18.7. The molecular weight excluding hydrogens is 536 g/mol. The molecule has 224 valence electrons. The number of benzene rings is 1. The second-order valence-corrected chi connectivity index (χ2v) is 13.0. The van der Waals surface area contributed by atoms with E-state index in [4.69, 9.17) is 14.9 Å². The summed E-state index contributed by atoms with van der Waals surface area (Å²) in [6.07, 6.45) is -0.441. The summed E-state index contributed by atoms with van der Waals surface area (Å²) in [6, 6.07) is 12.4. The van der Waals surface area contributed by atoms with Gasteiger partial charge in [0.2, 0.25) is 10.0 Å². The maximum Gasteiger partial charge on any atom is 0.303 e. The van der Waals surface area contributed by atoms with Gasteiger partial charge in [0.05, 0.1) is 36.4 Å². The van der Waals surface area contributed by atoms with Crippen molar-refractivity contribution in [3.05, 3.63) is 47.8 Å². The number of sulfonamides is 1. The van der Waals surface area contributed by atoms with Gasteiger partial charge in [0, 0.05) is 58.2 Å². The highest BCUT2D eigenvalue weighted by atomic mass is 32.2. The van der Waals surface area contributed by atoms with Gasteiger partial charge in [0.15, 0.2) is 0 Å². The van der Waals surface area contributed by atoms with E-state index in [1.807, 2.05) is 25.2 Å². The van der Waals surface area contributed by atoms with Gasteiger partial charge in [-0.05, 0) is 52.0 Å². The molecule has 0 bridgehead atoms. The number of piperazine rings is 1. The van der Waals surface area contributed by atoms with Crippen molar-refractivity contribution in [3.63, 3.8) is 0 Å². The molecule has 40 heavy (non-hydrogen) atoms. The van der Waals surface area contributed by atoms with E-state index in [0.717, 1.165) is 49.9 Å². The zero-order valence-corrected chi connectivity index (χ0v) is 25.2. The Bertz CT molecular complexity index is 1200. The number of rotatable bonds is 12. The van der Waals surface area contributed by atoms with Crippen LogP contribution in [0.1, 0.15) is 51.9 Å². The normalized spacial score (nSPS) is 14.4. The van der Waals surface area contributed by atoms with E-state index in [-0.39, 0.29) is 18.9 Å². The number of carboxylic acid groups (broad SMARTS) is 2. The lowest BCUT2D eigenvalue weighted by Gasteiger charge is -2.37. The molecule has 0 saturated carbocycles. The third kappa shape index (κ3) is 9.83. The Morgan fingerprint density at radius 1 is 0.925 bits per heavy atom. The second kappa shape index (κ2) is 15.1. The lowest BCUT2D eigenvalue weighted by Crippen LogP contribution is -2.46. The van der Waals surface area contributed by atoms with Crippen molar-refractivity contribution in [3.8, 4) is 5.75 Å². The quantitative estimate of drug-likeness (QED) is 0.388. The Balaban J connectivity index is 0.000000611. The van der Waals surface area contributed by atoms with Gasteiger partial charge in [-0.3, -0.25) is 14.5 Å². The molecule has 1 aromatic carbocycles. The molecule has 2 N–H and O–H groups in total. The van der Waals surface area contributed by atoms with Crippen molar-refractivity contribution in [2.45, 2.75) is 65.0 Å². The summed E-state index contributed by atoms with van der Waals surface area (Å²) in [7, 11) is 0.419. The lowest BCUT2D eigenvalue weighted by atomic mass is 10.2. The number of aromatic nitrogens is 1. The number of ether oxygens (including phenoxy) is 1. The number of aliphatic carboxylic acids is 2. The van der Waals surface area contributed by atoms with Gasteiger partial charge >= 0.3 is 11.9 Å². The van der Waals surface area contributed by atoms with E-state index >= 15 is 0 Å². The molecule has 0 atom stereocenters. The molecule has 0 amide bonds. The number of carboxylic acids is 2. The largest absolute Gasteiger partial charge is 0.489 e. The number of hydrogen-bond acceptors (Lipinski definition) is 7. The summed E-state index contributed by atoms with van der Waals surface area (Å²) in [5, 5.41) is 15.4. The second-order valence-electron chi connectivity index (χ2n) is 10.4. The zero-order valence-electron chi connectivity index (χ0n) is 24.4. The maximum absolute atomic E-state index is 12.4. The number of nitrogens with zero attached hydrogens (tertiary/aromatic N) is 4. The topological polar surface area (TPSA) is 133 Å². The van der Waals surface area contributed by atoms with E-state index in [9.17, 15) is 18.0 Å². The van der Waals surface area contributed by atoms with Crippen molar-refractivity contribution in [1.82, 2.24) is 13.8 Å². The third-order valence-corrected chi connectivity index (χ3v) is 8.81. The molecule has 11 nitrogen and oxygen atoms in total. The van der Waals surface area contributed by atoms with Gasteiger partial charge in [0.1, 0.15) is 5.75 Å². The lowest BCUT2D eigenvalue weighted by molar-refractivity contribution is -0.143. The molecule has 0 unspecified atom stereocenters. The highest BCUT2D eigenvalue weighted by Crippen LogP contribution is 2.30. The van der Waals surface area contributed by atoms with E-state index < -0.39 is 27.2 Å². The van der Waals surface area contributed by atoms with E-state index in [1.165, 1.54) is 10.00 Å². The standard InChI is InChI=1S/C24H38N4O3S.C4H6O4/c1-19(2)31-24-10-8-7-9-23(24)28-15-13-27(14-16-28)18-22-12-11-21(26(22)6)17-25(5)32(29,30)20(3)4;5-3(6)1-2-4(7)8/h7-12,19-20H,13-18H2,1-6H3;1-2H2,(H,5,6)(H,7,8). The molecule has 2 heterocycles. The maximum atomic E-state index is 12.4. The monoisotopic (exact) mass is 580 g/mol. The van der Waals surface area contributed by atoms with Gasteiger partial charge in [-0.15, -0.1) is 0 Å². The van der Waals surface area contributed by atoms with Gasteiger partial charge in [-0.2, -0.15) is 4.31 Å². The summed E-state index contributed by atoms with van der Waals surface area (Å²) in [4.78, 5) is 24.1. The highest BCUT2D eigenvalue weighted by Gasteiger charge is 2.24. The van der Waals surface area contributed by atoms with Crippen LogP contribution in [0.3, 0.4) is 0 Å². The molecule has 0 aliphatic carbocycles. The fourth-order valence-electron chi connectivity index (χ4n) is 4.26. The van der Waals surface area contributed by atoms with Gasteiger partial charge in [0.25, 0.3) is 0 Å². The molecule has 2 aromatic rings. The summed E-state index contributed by atoms with van der Waals surface area (Å²) >= 11 is 0. The number of carbonyl (C=O) groups is 2. The Morgan fingerprint density at radius 2 is 1.48 bits per heavy atom. The first-order valence-corrected chi connectivity index (χ1v) is 15.0. The van der Waals surface area contributed by atoms with Crippen LogP contribution < -0.4 is 9.64 Å². The van der Waals surface area contributed by atoms with Crippen LogP contribution >= 0.6 is 0 Å². The summed E-state index contributed by atoms with van der Waals surface area (Å²) < 4.78 is 34.4. The Kier molecular flexibility index (Phi) is 12.5. The van der Waals surface area contributed by atoms with Gasteiger partial charge < -0.3 is 24.4 Å². The molecule has 0 spiro atoms. The number of para-hydroxylation sites is 2. The van der Waals surface area contributed by atoms with Crippen LogP contribution in [0.25, 0.3) is 0 Å². The molecular formula is C28H44N4O7S. The van der Waals surface area contributed by atoms with E-state index in [2.05, 4.69) is 46.4 Å². The fraction of sp³-hybridized carbons (Fsp3) is 0.571. The van der Waals surface area contributed by atoms with Gasteiger partial charge in [-0.1, -0.05) is 12.1 Å². The summed E-state index contributed by atoms with van der Waals surface area (Å²) in [5.74, 6) is -1.21. The predicted molar refractivity (Wildman–Crippen MR) is 155 cm³/mol. The zero-order chi connectivity index (χ0) is 30.0. The smallest absolute Gasteiger partial charge is 0.303 e. The van der Waals surface area contributed by atoms with Crippen molar-refractivity contribution in [2.24, 2.45) is 7.05 Å². The van der Waals surface area contributed by atoms with Crippen LogP contribution in [-0.4, -0.2) is 88.9 Å². The summed E-state index contributed by atoms with van der Waals surface area (Å²) in [5.41, 5.74) is 3.37. The van der Waals surface area contributed by atoms with Crippen LogP contribution in [0.4, 0.5) is 5.69 Å². The third-order valence-electron chi connectivity index (χ3n) is 6.62. The minimum absolute atomic E-state index is 0.151. The molecule has 1 aliphatic rings. The number of hydrogen-bond donors (Lipinski definition) is 2. The number of anilines is 1. The molecule has 1 aliphatic heterocycles. The minimum Gasteiger partial charge on any atom is -0.489 e. The molecule has 1 aromatic heterocycles. The Morgan fingerprint density at radius 3 is 2.00 bits per heavy atom. The average Bonchev–Trinajstić information content (AvgIpc) is 3.22. The first-order valence-electron chi connectivity index (χ1n) is 13.5. The van der Waals surface area contributed by atoms with Crippen LogP contribution in [0.2, 0.25) is 0 Å². The minimum atomic E-state index is -3.26. The summed E-state index contributed by atoms with van der Waals surface area (Å²) in [6.45, 7) is 12.6. The van der Waals surface area contributed by atoms with Crippen molar-refractivity contribution in [2.75, 3.05) is 38.1 Å².